The second-order valence-corrected chi connectivity index (χ2v) is 8.78. The van der Waals surface area contributed by atoms with Crippen LogP contribution in [0, 0.1) is 28.6 Å². The van der Waals surface area contributed by atoms with E-state index < -0.39 is 17.1 Å². The SMILES string of the molecule is C[C@]12CCC3C(CC(=O)[C@]45O[C@H]4C(=O)CC[C@]35C=O)C1CCC2=O. The first-order valence-corrected chi connectivity index (χ1v) is 9.14. The Bertz CT molecular complexity index is 698. The zero-order valence-corrected chi connectivity index (χ0v) is 13.9. The minimum absolute atomic E-state index is 0.0315. The number of hydrogen-bond donors (Lipinski definition) is 0. The maximum Gasteiger partial charge on any atom is 0.173 e. The van der Waals surface area contributed by atoms with E-state index in [2.05, 4.69) is 0 Å². The molecule has 1 spiro atoms. The van der Waals surface area contributed by atoms with Crippen LogP contribution in [0.2, 0.25) is 0 Å². The molecule has 0 amide bonds. The Balaban J connectivity index is 1.61. The molecule has 1 aliphatic heterocycles. The highest BCUT2D eigenvalue weighted by Gasteiger charge is 2.82. The quantitative estimate of drug-likeness (QED) is 0.539. The zero-order valence-electron chi connectivity index (χ0n) is 13.9. The molecule has 5 nitrogen and oxygen atoms in total. The summed E-state index contributed by atoms with van der Waals surface area (Å²) in [5, 5.41) is 0. The van der Waals surface area contributed by atoms with Crippen LogP contribution in [0.5, 0.6) is 0 Å². The first kappa shape index (κ1) is 14.9. The van der Waals surface area contributed by atoms with E-state index >= 15 is 0 Å². The fraction of sp³-hybridized carbons (Fsp3) is 0.789. The van der Waals surface area contributed by atoms with Crippen molar-refractivity contribution in [2.45, 2.75) is 63.6 Å². The normalized spacial score (nSPS) is 55.3. The number of fused-ring (bicyclic) bond motifs is 4. The summed E-state index contributed by atoms with van der Waals surface area (Å²) in [6, 6.07) is 0. The van der Waals surface area contributed by atoms with Gasteiger partial charge in [-0.2, -0.15) is 0 Å². The summed E-state index contributed by atoms with van der Waals surface area (Å²) in [4.78, 5) is 49.8. The van der Waals surface area contributed by atoms with Gasteiger partial charge < -0.3 is 9.53 Å². The average Bonchev–Trinajstić information content (AvgIpc) is 3.26. The Labute approximate surface area is 140 Å². The van der Waals surface area contributed by atoms with Crippen molar-refractivity contribution in [2.24, 2.45) is 28.6 Å². The number of carbonyl (C=O) groups is 4. The second kappa shape index (κ2) is 4.24. The Hall–Kier alpha value is -1.36. The number of hydrogen-bond acceptors (Lipinski definition) is 5. The third kappa shape index (κ3) is 1.36. The Kier molecular flexibility index (Phi) is 2.64. The molecule has 0 bridgehead atoms. The number of carbonyl (C=O) groups excluding carboxylic acids is 4. The van der Waals surface area contributed by atoms with Gasteiger partial charge in [-0.15, -0.1) is 0 Å². The van der Waals surface area contributed by atoms with Gasteiger partial charge in [-0.25, -0.2) is 0 Å². The molecular weight excluding hydrogens is 308 g/mol. The summed E-state index contributed by atoms with van der Waals surface area (Å²) in [5.41, 5.74) is -2.34. The van der Waals surface area contributed by atoms with Crippen molar-refractivity contribution in [3.8, 4) is 0 Å². The van der Waals surface area contributed by atoms with Crippen LogP contribution in [0.3, 0.4) is 0 Å². The van der Waals surface area contributed by atoms with Gasteiger partial charge >= 0.3 is 0 Å². The molecule has 0 radical (unpaired) electrons. The predicted octanol–water partition coefficient (Wildman–Crippen LogP) is 1.66. The van der Waals surface area contributed by atoms with Crippen molar-refractivity contribution in [3.05, 3.63) is 0 Å². The molecule has 5 heteroatoms. The minimum Gasteiger partial charge on any atom is -0.348 e. The monoisotopic (exact) mass is 330 g/mol. The molecule has 128 valence electrons. The maximum atomic E-state index is 13.0. The second-order valence-electron chi connectivity index (χ2n) is 8.78. The van der Waals surface area contributed by atoms with E-state index in [-0.39, 0.29) is 34.7 Å². The molecule has 3 unspecified atom stereocenters. The van der Waals surface area contributed by atoms with Crippen LogP contribution >= 0.6 is 0 Å². The van der Waals surface area contributed by atoms with Crippen LogP contribution in [0.25, 0.3) is 0 Å². The van der Waals surface area contributed by atoms with Crippen LogP contribution < -0.4 is 0 Å². The van der Waals surface area contributed by atoms with Crippen LogP contribution in [-0.4, -0.2) is 35.3 Å². The number of aldehydes is 1. The molecule has 4 aliphatic carbocycles. The van der Waals surface area contributed by atoms with Crippen molar-refractivity contribution in [3.63, 3.8) is 0 Å². The highest BCUT2D eigenvalue weighted by atomic mass is 16.6. The van der Waals surface area contributed by atoms with Gasteiger partial charge in [-0.1, -0.05) is 6.92 Å². The number of rotatable bonds is 1. The van der Waals surface area contributed by atoms with E-state index in [9.17, 15) is 19.2 Å². The van der Waals surface area contributed by atoms with Gasteiger partial charge in [0.2, 0.25) is 0 Å². The molecular formula is C19H22O5. The number of Topliss-reactive ketones (excluding diaryl/α,β-unsaturated/α-hetero) is 3. The molecule has 4 saturated carbocycles. The summed E-state index contributed by atoms with van der Waals surface area (Å²) in [6.45, 7) is 2.05. The summed E-state index contributed by atoms with van der Waals surface area (Å²) in [6.07, 6.45) is 4.34. The Morgan fingerprint density at radius 1 is 1.04 bits per heavy atom. The Morgan fingerprint density at radius 3 is 2.58 bits per heavy atom. The van der Waals surface area contributed by atoms with Crippen LogP contribution in [0.1, 0.15) is 51.9 Å². The summed E-state index contributed by atoms with van der Waals surface area (Å²) in [5.74, 6) is 0.551. The van der Waals surface area contributed by atoms with Crippen LogP contribution in [-0.2, 0) is 23.9 Å². The zero-order chi connectivity index (χ0) is 16.9. The third-order valence-corrected chi connectivity index (χ3v) is 8.24. The van der Waals surface area contributed by atoms with Crippen LogP contribution in [0.4, 0.5) is 0 Å². The van der Waals surface area contributed by atoms with E-state index in [4.69, 9.17) is 4.74 Å². The van der Waals surface area contributed by atoms with Gasteiger partial charge in [0.15, 0.2) is 23.3 Å². The van der Waals surface area contributed by atoms with Crippen LogP contribution in [0.15, 0.2) is 0 Å². The standard InChI is InChI=1S/C19H22O5/c1-17-6-4-12-10(11(17)2-3-14(17)22)8-15(23)19-16(24-19)13(21)5-7-18(12,19)9-20/h9-12,16H,2-8H2,1H3/t10?,11?,12?,16-,17-,18-,19-/m0/s1. The van der Waals surface area contributed by atoms with Crippen molar-refractivity contribution in [2.75, 3.05) is 0 Å². The van der Waals surface area contributed by atoms with E-state index in [0.717, 1.165) is 25.5 Å². The van der Waals surface area contributed by atoms with Gasteiger partial charge in [-0.3, -0.25) is 14.4 Å². The molecule has 5 aliphatic rings. The van der Waals surface area contributed by atoms with Gasteiger partial charge in [-0.05, 0) is 43.4 Å². The smallest absolute Gasteiger partial charge is 0.173 e. The largest absolute Gasteiger partial charge is 0.348 e. The molecule has 5 fully saturated rings. The highest BCUT2D eigenvalue weighted by Crippen LogP contribution is 2.70. The van der Waals surface area contributed by atoms with E-state index in [1.165, 1.54) is 0 Å². The first-order chi connectivity index (χ1) is 11.4. The van der Waals surface area contributed by atoms with Crippen molar-refractivity contribution < 1.29 is 23.9 Å². The molecule has 7 atom stereocenters. The van der Waals surface area contributed by atoms with Gasteiger partial charge in [0, 0.05) is 24.7 Å². The lowest BCUT2D eigenvalue weighted by atomic mass is 9.44. The van der Waals surface area contributed by atoms with Crippen molar-refractivity contribution >= 4 is 23.6 Å². The third-order valence-electron chi connectivity index (χ3n) is 8.24. The van der Waals surface area contributed by atoms with Crippen molar-refractivity contribution in [1.29, 1.82) is 0 Å². The maximum absolute atomic E-state index is 13.0. The molecule has 0 aromatic heterocycles. The highest BCUT2D eigenvalue weighted by molar-refractivity contribution is 6.06. The average molecular weight is 330 g/mol. The summed E-state index contributed by atoms with van der Waals surface area (Å²) < 4.78 is 5.70. The molecule has 24 heavy (non-hydrogen) atoms. The minimum atomic E-state index is -1.17. The fourth-order valence-electron chi connectivity index (χ4n) is 6.96. The van der Waals surface area contributed by atoms with Gasteiger partial charge in [0.25, 0.3) is 0 Å². The number of ether oxygens (including phenoxy) is 1. The lowest BCUT2D eigenvalue weighted by molar-refractivity contribution is -0.163. The van der Waals surface area contributed by atoms with E-state index in [1.807, 2.05) is 6.92 Å². The summed E-state index contributed by atoms with van der Waals surface area (Å²) >= 11 is 0. The topological polar surface area (TPSA) is 80.8 Å². The van der Waals surface area contributed by atoms with Gasteiger partial charge in [0.1, 0.15) is 12.1 Å². The fourth-order valence-corrected chi connectivity index (χ4v) is 6.96. The molecule has 5 rings (SSSR count). The molecule has 1 heterocycles. The lowest BCUT2D eigenvalue weighted by Crippen LogP contribution is -2.64. The molecule has 0 aromatic carbocycles. The van der Waals surface area contributed by atoms with Gasteiger partial charge in [0.05, 0.1) is 5.41 Å². The Morgan fingerprint density at radius 2 is 1.83 bits per heavy atom. The number of epoxide rings is 1. The summed E-state index contributed by atoms with van der Waals surface area (Å²) in [7, 11) is 0. The first-order valence-electron chi connectivity index (χ1n) is 9.14. The predicted molar refractivity (Wildman–Crippen MR) is 82.0 cm³/mol. The van der Waals surface area contributed by atoms with E-state index in [1.54, 1.807) is 0 Å². The number of ketones is 3. The molecule has 0 N–H and O–H groups in total. The van der Waals surface area contributed by atoms with Crippen molar-refractivity contribution in [1.82, 2.24) is 0 Å². The molecule has 0 aromatic rings. The molecule has 1 saturated heterocycles. The lowest BCUT2D eigenvalue weighted by Gasteiger charge is -2.56. The van der Waals surface area contributed by atoms with E-state index in [0.29, 0.717) is 31.5 Å².